The second-order valence-electron chi connectivity index (χ2n) is 5.61. The summed E-state index contributed by atoms with van der Waals surface area (Å²) in [7, 11) is 0. The standard InChI is InChI=1S/C16H24N2O3/c1-12(2)15(20)18-10-9-17-14(19)11-16(3,21)13-7-5-4-6-8-13/h4-8,12,21H,9-11H2,1-3H3,(H,17,19)(H,18,20). The number of hydrogen-bond acceptors (Lipinski definition) is 3. The molecule has 1 rings (SSSR count). The van der Waals surface area contributed by atoms with Crippen LogP contribution in [0.4, 0.5) is 0 Å². The Hall–Kier alpha value is -1.88. The molecule has 5 nitrogen and oxygen atoms in total. The fraction of sp³-hybridized carbons (Fsp3) is 0.500. The summed E-state index contributed by atoms with van der Waals surface area (Å²) in [6.45, 7) is 5.97. The van der Waals surface area contributed by atoms with Gasteiger partial charge in [0, 0.05) is 19.0 Å². The van der Waals surface area contributed by atoms with Crippen LogP contribution in [-0.4, -0.2) is 30.0 Å². The summed E-state index contributed by atoms with van der Waals surface area (Å²) in [6.07, 6.45) is -0.0187. The van der Waals surface area contributed by atoms with Crippen LogP contribution in [0.2, 0.25) is 0 Å². The number of rotatable bonds is 7. The maximum Gasteiger partial charge on any atom is 0.223 e. The third-order valence-corrected chi connectivity index (χ3v) is 3.17. The number of benzene rings is 1. The lowest BCUT2D eigenvalue weighted by Crippen LogP contribution is -2.38. The molecule has 0 fully saturated rings. The fourth-order valence-corrected chi connectivity index (χ4v) is 1.87. The molecule has 0 aliphatic carbocycles. The van der Waals surface area contributed by atoms with Gasteiger partial charge in [0.1, 0.15) is 0 Å². The lowest BCUT2D eigenvalue weighted by Gasteiger charge is -2.23. The van der Waals surface area contributed by atoms with Crippen molar-refractivity contribution in [1.82, 2.24) is 10.6 Å². The molecule has 1 aromatic rings. The molecule has 1 atom stereocenters. The second-order valence-corrected chi connectivity index (χ2v) is 5.61. The van der Waals surface area contributed by atoms with Gasteiger partial charge in [-0.15, -0.1) is 0 Å². The molecule has 2 amide bonds. The van der Waals surface area contributed by atoms with Crippen LogP contribution < -0.4 is 10.6 Å². The summed E-state index contributed by atoms with van der Waals surface area (Å²) in [5.74, 6) is -0.359. The SMILES string of the molecule is CC(C)C(=O)NCCNC(=O)CC(C)(O)c1ccccc1. The van der Waals surface area contributed by atoms with Gasteiger partial charge in [-0.25, -0.2) is 0 Å². The van der Waals surface area contributed by atoms with Crippen molar-refractivity contribution in [3.8, 4) is 0 Å². The van der Waals surface area contributed by atoms with E-state index >= 15 is 0 Å². The van der Waals surface area contributed by atoms with E-state index in [1.807, 2.05) is 32.0 Å². The van der Waals surface area contributed by atoms with E-state index in [1.165, 1.54) is 0 Å². The van der Waals surface area contributed by atoms with Crippen LogP contribution in [0.1, 0.15) is 32.8 Å². The zero-order valence-electron chi connectivity index (χ0n) is 12.8. The van der Waals surface area contributed by atoms with E-state index in [0.29, 0.717) is 18.7 Å². The van der Waals surface area contributed by atoms with Crippen molar-refractivity contribution in [3.05, 3.63) is 35.9 Å². The molecule has 0 radical (unpaired) electrons. The molecule has 116 valence electrons. The van der Waals surface area contributed by atoms with Gasteiger partial charge in [-0.3, -0.25) is 9.59 Å². The number of amides is 2. The van der Waals surface area contributed by atoms with Crippen LogP contribution in [0.25, 0.3) is 0 Å². The molecule has 5 heteroatoms. The number of aliphatic hydroxyl groups is 1. The molecule has 0 aliphatic rings. The molecular formula is C16H24N2O3. The molecular weight excluding hydrogens is 268 g/mol. The Morgan fingerprint density at radius 1 is 1.14 bits per heavy atom. The number of carbonyl (C=O) groups excluding carboxylic acids is 2. The number of nitrogens with one attached hydrogen (secondary N) is 2. The van der Waals surface area contributed by atoms with Crippen molar-refractivity contribution in [2.24, 2.45) is 5.92 Å². The molecule has 0 saturated carbocycles. The highest BCUT2D eigenvalue weighted by atomic mass is 16.3. The van der Waals surface area contributed by atoms with E-state index in [2.05, 4.69) is 10.6 Å². The highest BCUT2D eigenvalue weighted by Crippen LogP contribution is 2.23. The molecule has 0 heterocycles. The minimum absolute atomic E-state index is 0.0187. The van der Waals surface area contributed by atoms with E-state index in [0.717, 1.165) is 0 Å². The largest absolute Gasteiger partial charge is 0.385 e. The number of hydrogen-bond donors (Lipinski definition) is 3. The molecule has 0 spiro atoms. The van der Waals surface area contributed by atoms with E-state index in [-0.39, 0.29) is 24.2 Å². The predicted octanol–water partition coefficient (Wildman–Crippen LogP) is 1.17. The van der Waals surface area contributed by atoms with Crippen LogP contribution in [0.15, 0.2) is 30.3 Å². The van der Waals surface area contributed by atoms with Crippen molar-refractivity contribution in [1.29, 1.82) is 0 Å². The van der Waals surface area contributed by atoms with Crippen LogP contribution in [-0.2, 0) is 15.2 Å². The maximum absolute atomic E-state index is 11.8. The minimum atomic E-state index is -1.20. The fourth-order valence-electron chi connectivity index (χ4n) is 1.87. The normalized spacial score (nSPS) is 13.6. The average Bonchev–Trinajstić information content (AvgIpc) is 2.43. The average molecular weight is 292 g/mol. The molecule has 0 aromatic heterocycles. The van der Waals surface area contributed by atoms with Crippen LogP contribution >= 0.6 is 0 Å². The molecule has 21 heavy (non-hydrogen) atoms. The van der Waals surface area contributed by atoms with Crippen LogP contribution in [0.3, 0.4) is 0 Å². The van der Waals surface area contributed by atoms with E-state index in [9.17, 15) is 14.7 Å². The Morgan fingerprint density at radius 2 is 1.71 bits per heavy atom. The van der Waals surface area contributed by atoms with E-state index in [4.69, 9.17) is 0 Å². The maximum atomic E-state index is 11.8. The number of carbonyl (C=O) groups is 2. The van der Waals surface area contributed by atoms with Crippen LogP contribution in [0.5, 0.6) is 0 Å². The van der Waals surface area contributed by atoms with Gasteiger partial charge in [-0.1, -0.05) is 44.2 Å². The lowest BCUT2D eigenvalue weighted by molar-refractivity contribution is -0.127. The van der Waals surface area contributed by atoms with Crippen molar-refractivity contribution in [2.45, 2.75) is 32.8 Å². The lowest BCUT2D eigenvalue weighted by atomic mass is 9.92. The summed E-state index contributed by atoms with van der Waals surface area (Å²) in [5, 5.41) is 15.7. The molecule has 0 saturated heterocycles. The van der Waals surface area contributed by atoms with Crippen LogP contribution in [0, 0.1) is 5.92 Å². The quantitative estimate of drug-likeness (QED) is 0.660. The zero-order valence-corrected chi connectivity index (χ0v) is 12.8. The minimum Gasteiger partial charge on any atom is -0.385 e. The van der Waals surface area contributed by atoms with Gasteiger partial charge in [-0.05, 0) is 12.5 Å². The predicted molar refractivity (Wildman–Crippen MR) is 81.5 cm³/mol. The summed E-state index contributed by atoms with van der Waals surface area (Å²) in [4.78, 5) is 23.2. The van der Waals surface area contributed by atoms with Crippen molar-refractivity contribution in [3.63, 3.8) is 0 Å². The summed E-state index contributed by atoms with van der Waals surface area (Å²) in [5.41, 5.74) is -0.500. The molecule has 0 bridgehead atoms. The molecule has 0 aliphatic heterocycles. The van der Waals surface area contributed by atoms with Gasteiger partial charge < -0.3 is 15.7 Å². The molecule has 1 unspecified atom stereocenters. The Labute approximate surface area is 125 Å². The monoisotopic (exact) mass is 292 g/mol. The smallest absolute Gasteiger partial charge is 0.223 e. The van der Waals surface area contributed by atoms with Crippen molar-refractivity contribution >= 4 is 11.8 Å². The Morgan fingerprint density at radius 3 is 2.29 bits per heavy atom. The van der Waals surface area contributed by atoms with Gasteiger partial charge in [0.25, 0.3) is 0 Å². The van der Waals surface area contributed by atoms with Gasteiger partial charge >= 0.3 is 0 Å². The first-order valence-electron chi connectivity index (χ1n) is 7.15. The first kappa shape index (κ1) is 17.2. The van der Waals surface area contributed by atoms with Gasteiger partial charge in [-0.2, -0.15) is 0 Å². The molecule has 1 aromatic carbocycles. The Balaban J connectivity index is 2.35. The first-order chi connectivity index (χ1) is 9.83. The summed E-state index contributed by atoms with van der Waals surface area (Å²) < 4.78 is 0. The van der Waals surface area contributed by atoms with Gasteiger partial charge in [0.05, 0.1) is 12.0 Å². The molecule has 3 N–H and O–H groups in total. The van der Waals surface area contributed by atoms with E-state index in [1.54, 1.807) is 19.1 Å². The van der Waals surface area contributed by atoms with E-state index < -0.39 is 5.60 Å². The Bertz CT molecular complexity index is 470. The summed E-state index contributed by atoms with van der Waals surface area (Å²) >= 11 is 0. The third kappa shape index (κ3) is 5.95. The van der Waals surface area contributed by atoms with Crippen molar-refractivity contribution in [2.75, 3.05) is 13.1 Å². The first-order valence-corrected chi connectivity index (χ1v) is 7.15. The summed E-state index contributed by atoms with van der Waals surface area (Å²) in [6, 6.07) is 9.08. The third-order valence-electron chi connectivity index (χ3n) is 3.17. The Kier molecular flexibility index (Phi) is 6.37. The highest BCUT2D eigenvalue weighted by molar-refractivity contribution is 5.78. The zero-order chi connectivity index (χ0) is 15.9. The van der Waals surface area contributed by atoms with Gasteiger partial charge in [0.2, 0.25) is 11.8 Å². The topological polar surface area (TPSA) is 78.4 Å². The highest BCUT2D eigenvalue weighted by Gasteiger charge is 2.26. The second kappa shape index (κ2) is 7.78. The van der Waals surface area contributed by atoms with Gasteiger partial charge in [0.15, 0.2) is 0 Å². The van der Waals surface area contributed by atoms with Crippen molar-refractivity contribution < 1.29 is 14.7 Å².